The first-order chi connectivity index (χ1) is 5.61. The van der Waals surface area contributed by atoms with Crippen molar-refractivity contribution in [3.05, 3.63) is 11.8 Å². The lowest BCUT2D eigenvalue weighted by molar-refractivity contribution is -0.139. The highest BCUT2D eigenvalue weighted by molar-refractivity contribution is 6.21. The van der Waals surface area contributed by atoms with Gasteiger partial charge in [-0.1, -0.05) is 0 Å². The van der Waals surface area contributed by atoms with Gasteiger partial charge in [0.05, 0.1) is 26.0 Å². The van der Waals surface area contributed by atoms with Crippen LogP contribution in [0.5, 0.6) is 0 Å². The van der Waals surface area contributed by atoms with Gasteiger partial charge in [-0.2, -0.15) is 0 Å². The van der Waals surface area contributed by atoms with Crippen LogP contribution in [0.3, 0.4) is 0 Å². The van der Waals surface area contributed by atoms with Gasteiger partial charge in [0.2, 0.25) is 0 Å². The van der Waals surface area contributed by atoms with Crippen molar-refractivity contribution in [1.82, 2.24) is 0 Å². The summed E-state index contributed by atoms with van der Waals surface area (Å²) in [7, 11) is 2.86. The highest BCUT2D eigenvalue weighted by Gasteiger charge is 2.05. The van der Waals surface area contributed by atoms with E-state index in [1.165, 1.54) is 14.2 Å². The van der Waals surface area contributed by atoms with E-state index in [2.05, 4.69) is 4.74 Å². The van der Waals surface area contributed by atoms with E-state index in [1.54, 1.807) is 13.0 Å². The Hall–Kier alpha value is -0.700. The Morgan fingerprint density at radius 3 is 2.42 bits per heavy atom. The molecule has 0 bridgehead atoms. The molecule has 0 aromatic carbocycles. The quantitative estimate of drug-likeness (QED) is 0.387. The number of methoxy groups -OCH3 is 2. The summed E-state index contributed by atoms with van der Waals surface area (Å²) in [6, 6.07) is 0. The van der Waals surface area contributed by atoms with Crippen LogP contribution in [0, 0.1) is 0 Å². The minimum atomic E-state index is -0.304. The summed E-state index contributed by atoms with van der Waals surface area (Å²) in [5.74, 6) is 0.281. The molecule has 0 amide bonds. The van der Waals surface area contributed by atoms with Gasteiger partial charge in [-0.25, -0.2) is 0 Å². The molecule has 0 aliphatic heterocycles. The summed E-state index contributed by atoms with van der Waals surface area (Å²) in [6.07, 6.45) is 1.81. The van der Waals surface area contributed by atoms with Crippen molar-refractivity contribution in [2.24, 2.45) is 0 Å². The molecule has 1 unspecified atom stereocenters. The summed E-state index contributed by atoms with van der Waals surface area (Å²) in [4.78, 5) is 10.7. The van der Waals surface area contributed by atoms with Crippen LogP contribution in [-0.2, 0) is 14.3 Å². The molecule has 0 aromatic rings. The van der Waals surface area contributed by atoms with Crippen molar-refractivity contribution in [2.45, 2.75) is 18.7 Å². The van der Waals surface area contributed by atoms with Gasteiger partial charge in [0.15, 0.2) is 0 Å². The molecule has 0 saturated heterocycles. The molecule has 0 saturated carbocycles. The van der Waals surface area contributed by atoms with Crippen molar-refractivity contribution in [2.75, 3.05) is 14.2 Å². The van der Waals surface area contributed by atoms with Crippen molar-refractivity contribution in [3.63, 3.8) is 0 Å². The van der Waals surface area contributed by atoms with E-state index in [1.807, 2.05) is 0 Å². The molecular formula is C8H13ClO3. The molecule has 0 heterocycles. The SMILES string of the molecule is COC(=O)C/C=C(\OC)C(C)Cl. The lowest BCUT2D eigenvalue weighted by Crippen LogP contribution is -2.03. The average Bonchev–Trinajstić information content (AvgIpc) is 2.04. The molecule has 0 radical (unpaired) electrons. The number of carbonyl (C=O) groups is 1. The average molecular weight is 193 g/mol. The van der Waals surface area contributed by atoms with Gasteiger partial charge in [0, 0.05) is 0 Å². The molecule has 1 atom stereocenters. The zero-order valence-corrected chi connectivity index (χ0v) is 8.22. The van der Waals surface area contributed by atoms with E-state index in [9.17, 15) is 4.79 Å². The van der Waals surface area contributed by atoms with E-state index in [0.717, 1.165) is 0 Å². The van der Waals surface area contributed by atoms with E-state index < -0.39 is 0 Å². The van der Waals surface area contributed by atoms with Crippen LogP contribution in [0.4, 0.5) is 0 Å². The smallest absolute Gasteiger partial charge is 0.309 e. The second-order valence-electron chi connectivity index (χ2n) is 2.21. The summed E-state index contributed by atoms with van der Waals surface area (Å²) in [5, 5.41) is -0.223. The topological polar surface area (TPSA) is 35.5 Å². The molecule has 0 aliphatic carbocycles. The zero-order valence-electron chi connectivity index (χ0n) is 7.46. The normalized spacial score (nSPS) is 13.8. The largest absolute Gasteiger partial charge is 0.500 e. The Kier molecular flexibility index (Phi) is 5.54. The fourth-order valence-corrected chi connectivity index (χ4v) is 0.854. The van der Waals surface area contributed by atoms with E-state index in [0.29, 0.717) is 5.76 Å². The van der Waals surface area contributed by atoms with Gasteiger partial charge in [0.1, 0.15) is 5.76 Å². The molecule has 0 N–H and O–H groups in total. The molecule has 0 fully saturated rings. The molecule has 0 spiro atoms. The highest BCUT2D eigenvalue weighted by atomic mass is 35.5. The van der Waals surface area contributed by atoms with Crippen LogP contribution < -0.4 is 0 Å². The predicted molar refractivity (Wildman–Crippen MR) is 47.0 cm³/mol. The minimum absolute atomic E-state index is 0.191. The first-order valence-corrected chi connectivity index (χ1v) is 4.00. The maximum atomic E-state index is 10.7. The van der Waals surface area contributed by atoms with Crippen molar-refractivity contribution < 1.29 is 14.3 Å². The fraction of sp³-hybridized carbons (Fsp3) is 0.625. The molecule has 70 valence electrons. The Morgan fingerprint density at radius 2 is 2.08 bits per heavy atom. The molecule has 0 aliphatic rings. The Bertz CT molecular complexity index is 175. The third-order valence-corrected chi connectivity index (χ3v) is 1.54. The number of rotatable bonds is 4. The molecule has 12 heavy (non-hydrogen) atoms. The lowest BCUT2D eigenvalue weighted by atomic mass is 10.3. The maximum Gasteiger partial charge on any atom is 0.309 e. The first kappa shape index (κ1) is 11.3. The molecule has 4 heteroatoms. The van der Waals surface area contributed by atoms with Gasteiger partial charge < -0.3 is 9.47 Å². The monoisotopic (exact) mass is 192 g/mol. The second-order valence-corrected chi connectivity index (χ2v) is 2.86. The fourth-order valence-electron chi connectivity index (χ4n) is 0.675. The van der Waals surface area contributed by atoms with Crippen LogP contribution >= 0.6 is 11.6 Å². The predicted octanol–water partition coefficient (Wildman–Crippen LogP) is 1.71. The maximum absolute atomic E-state index is 10.7. The summed E-state index contributed by atoms with van der Waals surface area (Å²) < 4.78 is 9.37. The van der Waals surface area contributed by atoms with Crippen LogP contribution in [0.15, 0.2) is 11.8 Å². The number of allylic oxidation sites excluding steroid dienone is 1. The lowest BCUT2D eigenvalue weighted by Gasteiger charge is -2.06. The summed E-state index contributed by atoms with van der Waals surface area (Å²) in [5.41, 5.74) is 0. The third kappa shape index (κ3) is 4.23. The van der Waals surface area contributed by atoms with Crippen molar-refractivity contribution >= 4 is 17.6 Å². The third-order valence-electron chi connectivity index (χ3n) is 1.33. The number of carbonyl (C=O) groups excluding carboxylic acids is 1. The number of halogens is 1. The minimum Gasteiger partial charge on any atom is -0.500 e. The van der Waals surface area contributed by atoms with Crippen LogP contribution in [0.1, 0.15) is 13.3 Å². The molecule has 0 rings (SSSR count). The van der Waals surface area contributed by atoms with Crippen molar-refractivity contribution in [3.8, 4) is 0 Å². The Labute approximate surface area is 77.3 Å². The Morgan fingerprint density at radius 1 is 1.50 bits per heavy atom. The molecule has 3 nitrogen and oxygen atoms in total. The number of hydrogen-bond donors (Lipinski definition) is 0. The van der Waals surface area contributed by atoms with Gasteiger partial charge in [-0.05, 0) is 13.0 Å². The standard InChI is InChI=1S/C8H13ClO3/c1-6(9)7(11-2)4-5-8(10)12-3/h4,6H,5H2,1-3H3/b7-4-. The summed E-state index contributed by atoms with van der Waals surface area (Å²) >= 11 is 5.73. The van der Waals surface area contributed by atoms with E-state index >= 15 is 0 Å². The summed E-state index contributed by atoms with van der Waals surface area (Å²) in [6.45, 7) is 1.77. The van der Waals surface area contributed by atoms with Gasteiger partial charge in [-0.15, -0.1) is 11.6 Å². The van der Waals surface area contributed by atoms with Gasteiger partial charge >= 0.3 is 5.97 Å². The van der Waals surface area contributed by atoms with Crippen molar-refractivity contribution in [1.29, 1.82) is 0 Å². The van der Waals surface area contributed by atoms with Gasteiger partial charge in [-0.3, -0.25) is 4.79 Å². The van der Waals surface area contributed by atoms with Crippen LogP contribution in [-0.4, -0.2) is 25.6 Å². The van der Waals surface area contributed by atoms with E-state index in [4.69, 9.17) is 16.3 Å². The number of esters is 1. The highest BCUT2D eigenvalue weighted by Crippen LogP contribution is 2.10. The van der Waals surface area contributed by atoms with Crippen LogP contribution in [0.2, 0.25) is 0 Å². The van der Waals surface area contributed by atoms with Crippen LogP contribution in [0.25, 0.3) is 0 Å². The Balaban J connectivity index is 4.03. The molecular weight excluding hydrogens is 180 g/mol. The number of ether oxygens (including phenoxy) is 2. The molecule has 0 aromatic heterocycles. The second kappa shape index (κ2) is 5.89. The van der Waals surface area contributed by atoms with E-state index in [-0.39, 0.29) is 17.8 Å². The van der Waals surface area contributed by atoms with Gasteiger partial charge in [0.25, 0.3) is 0 Å². The number of hydrogen-bond acceptors (Lipinski definition) is 3. The zero-order chi connectivity index (χ0) is 9.56. The number of alkyl halides is 1. The first-order valence-electron chi connectivity index (χ1n) is 3.56.